The van der Waals surface area contributed by atoms with Crippen molar-refractivity contribution in [3.05, 3.63) is 70.3 Å². The number of nitro benzene ring substituents is 1. The summed E-state index contributed by atoms with van der Waals surface area (Å²) in [7, 11) is 0. The fraction of sp³-hybridized carbons (Fsp3) is 0.348. The molecule has 3 rings (SSSR count). The Balaban J connectivity index is 1.90. The summed E-state index contributed by atoms with van der Waals surface area (Å²) >= 11 is 0. The fourth-order valence-corrected chi connectivity index (χ4v) is 3.46. The zero-order valence-corrected chi connectivity index (χ0v) is 19.0. The minimum absolute atomic E-state index is 0.0470. The van der Waals surface area contributed by atoms with Gasteiger partial charge in [-0.15, -0.1) is 0 Å². The highest BCUT2D eigenvalue weighted by Gasteiger charge is 2.24. The molecule has 1 aromatic heterocycles. The lowest BCUT2D eigenvalue weighted by Gasteiger charge is -2.24. The summed E-state index contributed by atoms with van der Waals surface area (Å²) in [4.78, 5) is 27.9. The number of amides is 1. The van der Waals surface area contributed by atoms with Crippen LogP contribution in [0, 0.1) is 16.0 Å². The quantitative estimate of drug-likeness (QED) is 0.362. The van der Waals surface area contributed by atoms with Gasteiger partial charge >= 0.3 is 0 Å². The summed E-state index contributed by atoms with van der Waals surface area (Å²) in [6.07, 6.45) is 2.64. The summed E-state index contributed by atoms with van der Waals surface area (Å²) in [5.41, 5.74) is 1.00. The number of nitro groups is 1. The van der Waals surface area contributed by atoms with Crippen LogP contribution in [0.15, 0.2) is 49.1 Å². The summed E-state index contributed by atoms with van der Waals surface area (Å²) in [6, 6.07) is 9.47. The maximum absolute atomic E-state index is 13.1. The van der Waals surface area contributed by atoms with Crippen molar-refractivity contribution in [1.29, 1.82) is 0 Å². The number of hydrogen-bond acceptors (Lipinski definition) is 7. The normalized spacial score (nSPS) is 11.8. The highest BCUT2D eigenvalue weighted by atomic mass is 16.6. The molecule has 0 bridgehead atoms. The van der Waals surface area contributed by atoms with E-state index in [-0.39, 0.29) is 28.9 Å². The van der Waals surface area contributed by atoms with Gasteiger partial charge in [0.1, 0.15) is 18.3 Å². The topological polar surface area (TPSA) is 121 Å². The van der Waals surface area contributed by atoms with E-state index < -0.39 is 10.8 Å². The molecule has 1 N–H and O–H groups in total. The first-order valence-electron chi connectivity index (χ1n) is 10.7. The van der Waals surface area contributed by atoms with E-state index in [2.05, 4.69) is 15.4 Å². The molecule has 0 radical (unpaired) electrons. The van der Waals surface area contributed by atoms with E-state index in [0.29, 0.717) is 24.7 Å². The predicted molar refractivity (Wildman–Crippen MR) is 122 cm³/mol. The molecule has 1 heterocycles. The lowest BCUT2D eigenvalue weighted by Crippen LogP contribution is -2.31. The average Bonchev–Trinajstić information content (AvgIpc) is 3.33. The van der Waals surface area contributed by atoms with Crippen LogP contribution >= 0.6 is 0 Å². The molecular weight excluding hydrogens is 426 g/mol. The van der Waals surface area contributed by atoms with E-state index in [1.54, 1.807) is 0 Å². The minimum Gasteiger partial charge on any atom is -0.490 e. The molecule has 3 aromatic rings. The van der Waals surface area contributed by atoms with Crippen molar-refractivity contribution in [3.63, 3.8) is 0 Å². The third kappa shape index (κ3) is 5.46. The first-order valence-corrected chi connectivity index (χ1v) is 10.7. The van der Waals surface area contributed by atoms with Gasteiger partial charge in [-0.25, -0.2) is 9.67 Å². The Hall–Kier alpha value is -3.95. The molecule has 0 fully saturated rings. The van der Waals surface area contributed by atoms with Crippen molar-refractivity contribution >= 4 is 11.6 Å². The molecule has 1 unspecified atom stereocenters. The first kappa shape index (κ1) is 23.7. The Morgan fingerprint density at radius 3 is 2.45 bits per heavy atom. The van der Waals surface area contributed by atoms with Crippen LogP contribution in [-0.2, 0) is 0 Å². The molecule has 0 aliphatic rings. The van der Waals surface area contributed by atoms with E-state index in [4.69, 9.17) is 9.47 Å². The van der Waals surface area contributed by atoms with Crippen molar-refractivity contribution < 1.29 is 19.2 Å². The number of ether oxygens (including phenoxy) is 2. The number of aromatic nitrogens is 3. The fourth-order valence-electron chi connectivity index (χ4n) is 3.46. The van der Waals surface area contributed by atoms with Gasteiger partial charge in [0.25, 0.3) is 11.6 Å². The summed E-state index contributed by atoms with van der Waals surface area (Å²) < 4.78 is 12.6. The molecule has 33 heavy (non-hydrogen) atoms. The van der Waals surface area contributed by atoms with E-state index >= 15 is 0 Å². The van der Waals surface area contributed by atoms with E-state index in [9.17, 15) is 14.9 Å². The molecule has 0 saturated carbocycles. The summed E-state index contributed by atoms with van der Waals surface area (Å²) in [5.74, 6) is 0.861. The Labute approximate surface area is 191 Å². The van der Waals surface area contributed by atoms with Crippen molar-refractivity contribution in [3.8, 4) is 17.2 Å². The molecule has 0 saturated heterocycles. The van der Waals surface area contributed by atoms with Gasteiger partial charge in [0.15, 0.2) is 11.5 Å². The molecule has 0 spiro atoms. The van der Waals surface area contributed by atoms with Crippen LogP contribution in [0.5, 0.6) is 11.5 Å². The molecule has 174 valence electrons. The molecule has 2 aromatic carbocycles. The second kappa shape index (κ2) is 10.6. The summed E-state index contributed by atoms with van der Waals surface area (Å²) in [6.45, 7) is 8.74. The first-order chi connectivity index (χ1) is 15.8. The van der Waals surface area contributed by atoms with Gasteiger partial charge in [0, 0.05) is 11.6 Å². The smallest absolute Gasteiger partial charge is 0.295 e. The monoisotopic (exact) mass is 453 g/mol. The molecule has 0 aliphatic carbocycles. The lowest BCUT2D eigenvalue weighted by atomic mass is 9.95. The van der Waals surface area contributed by atoms with Crippen LogP contribution in [0.1, 0.15) is 49.7 Å². The van der Waals surface area contributed by atoms with Crippen LogP contribution in [0.3, 0.4) is 0 Å². The average molecular weight is 453 g/mol. The van der Waals surface area contributed by atoms with Crippen LogP contribution < -0.4 is 14.8 Å². The zero-order chi connectivity index (χ0) is 24.0. The minimum atomic E-state index is -0.547. The molecular formula is C23H27N5O5. The largest absolute Gasteiger partial charge is 0.490 e. The second-order valence-corrected chi connectivity index (χ2v) is 7.57. The van der Waals surface area contributed by atoms with E-state index in [0.717, 1.165) is 5.56 Å². The number of carbonyl (C=O) groups is 1. The van der Waals surface area contributed by atoms with Crippen LogP contribution in [0.25, 0.3) is 5.69 Å². The van der Waals surface area contributed by atoms with Crippen molar-refractivity contribution in [2.24, 2.45) is 5.92 Å². The summed E-state index contributed by atoms with van der Waals surface area (Å²) in [5, 5.41) is 18.5. The third-order valence-corrected chi connectivity index (χ3v) is 4.98. The maximum atomic E-state index is 13.1. The van der Waals surface area contributed by atoms with Crippen molar-refractivity contribution in [2.75, 3.05) is 13.2 Å². The van der Waals surface area contributed by atoms with Crippen molar-refractivity contribution in [2.45, 2.75) is 33.7 Å². The second-order valence-electron chi connectivity index (χ2n) is 7.57. The third-order valence-electron chi connectivity index (χ3n) is 4.98. The lowest BCUT2D eigenvalue weighted by molar-refractivity contribution is -0.384. The number of nitrogens with one attached hydrogen (secondary N) is 1. The van der Waals surface area contributed by atoms with E-state index in [1.165, 1.54) is 35.5 Å². The standard InChI is InChI=1S/C23H27N5O5/c1-5-32-20-10-8-16(12-21(20)33-6-2)22(15(3)4)26-23(29)17-7-9-18(19(11-17)28(30)31)27-14-24-13-25-27/h7-15,22H,5-6H2,1-4H3,(H,26,29). The number of carbonyl (C=O) groups excluding carboxylic acids is 1. The van der Waals surface area contributed by atoms with Gasteiger partial charge in [0.2, 0.25) is 0 Å². The Bertz CT molecular complexity index is 1110. The van der Waals surface area contributed by atoms with Crippen molar-refractivity contribution in [1.82, 2.24) is 20.1 Å². The molecule has 0 aliphatic heterocycles. The number of benzene rings is 2. The SMILES string of the molecule is CCOc1ccc(C(NC(=O)c2ccc(-n3cncn3)c([N+](=O)[O-])c2)C(C)C)cc1OCC. The van der Waals surface area contributed by atoms with E-state index in [1.807, 2.05) is 45.9 Å². The van der Waals surface area contributed by atoms with Gasteiger partial charge in [-0.2, -0.15) is 5.10 Å². The van der Waals surface area contributed by atoms with Crippen LogP contribution in [0.4, 0.5) is 5.69 Å². The van der Waals surface area contributed by atoms with Gasteiger partial charge in [-0.05, 0) is 49.6 Å². The maximum Gasteiger partial charge on any atom is 0.295 e. The molecule has 10 heteroatoms. The molecule has 1 amide bonds. The predicted octanol–water partition coefficient (Wildman–Crippen LogP) is 4.10. The van der Waals surface area contributed by atoms with Gasteiger partial charge < -0.3 is 14.8 Å². The molecule has 10 nitrogen and oxygen atoms in total. The molecule has 1 atom stereocenters. The van der Waals surface area contributed by atoms with Gasteiger partial charge in [-0.3, -0.25) is 14.9 Å². The number of hydrogen-bond donors (Lipinski definition) is 1. The Morgan fingerprint density at radius 2 is 1.85 bits per heavy atom. The number of rotatable bonds is 10. The van der Waals surface area contributed by atoms with Crippen LogP contribution in [0.2, 0.25) is 0 Å². The highest BCUT2D eigenvalue weighted by Crippen LogP contribution is 2.33. The Kier molecular flexibility index (Phi) is 7.60. The zero-order valence-electron chi connectivity index (χ0n) is 19.0. The van der Waals surface area contributed by atoms with Gasteiger partial charge in [0.05, 0.1) is 24.2 Å². The van der Waals surface area contributed by atoms with Crippen LogP contribution in [-0.4, -0.2) is 38.8 Å². The number of nitrogens with zero attached hydrogens (tertiary/aromatic N) is 4. The Morgan fingerprint density at radius 1 is 1.12 bits per heavy atom. The van der Waals surface area contributed by atoms with Gasteiger partial charge in [-0.1, -0.05) is 19.9 Å². The highest BCUT2D eigenvalue weighted by molar-refractivity contribution is 5.95.